The van der Waals surface area contributed by atoms with Crippen molar-refractivity contribution in [2.75, 3.05) is 13.2 Å². The van der Waals surface area contributed by atoms with Gasteiger partial charge in [-0.05, 0) is 13.8 Å². The molecule has 0 radical (unpaired) electrons. The fourth-order valence-corrected chi connectivity index (χ4v) is 1.89. The molecule has 0 rings (SSSR count). The summed E-state index contributed by atoms with van der Waals surface area (Å²) in [6.07, 6.45) is -1.12. The lowest BCUT2D eigenvalue weighted by atomic mass is 10.2. The molecule has 0 saturated carbocycles. The number of esters is 1. The van der Waals surface area contributed by atoms with Crippen molar-refractivity contribution >= 4 is 22.1 Å². The van der Waals surface area contributed by atoms with Crippen LogP contribution in [0.2, 0.25) is 0 Å². The zero-order chi connectivity index (χ0) is 13.7. The Kier molecular flexibility index (Phi) is 5.52. The van der Waals surface area contributed by atoms with Crippen LogP contribution in [0.3, 0.4) is 0 Å². The van der Waals surface area contributed by atoms with Gasteiger partial charge >= 0.3 is 27.0 Å². The molecule has 0 aromatic rings. The van der Waals surface area contributed by atoms with Crippen LogP contribution in [0.25, 0.3) is 0 Å². The van der Waals surface area contributed by atoms with Crippen LogP contribution >= 0.6 is 0 Å². The first kappa shape index (κ1) is 15.8. The number of hydrogen-bond acceptors (Lipinski definition) is 6. The number of carboxylic acid groups (broad SMARTS) is 1. The Labute approximate surface area is 98.3 Å². The Morgan fingerprint density at radius 1 is 1.24 bits per heavy atom. The van der Waals surface area contributed by atoms with Crippen LogP contribution in [0, 0.1) is 0 Å². The Morgan fingerprint density at radius 2 is 1.76 bits per heavy atom. The molecule has 0 aliphatic carbocycles. The minimum Gasteiger partial charge on any atom is -0.478 e. The van der Waals surface area contributed by atoms with Gasteiger partial charge in [-0.15, -0.1) is 0 Å². The second-order valence-electron chi connectivity index (χ2n) is 2.95. The van der Waals surface area contributed by atoms with E-state index in [1.54, 1.807) is 0 Å². The molecule has 0 fully saturated rings. The summed E-state index contributed by atoms with van der Waals surface area (Å²) in [5, 5.41) is 8.84. The second-order valence-corrected chi connectivity index (χ2v) is 4.56. The van der Waals surface area contributed by atoms with E-state index in [4.69, 9.17) is 9.66 Å². The Bertz CT molecular complexity index is 386. The van der Waals surface area contributed by atoms with Crippen molar-refractivity contribution in [2.45, 2.75) is 25.2 Å². The fraction of sp³-hybridized carbons (Fsp3) is 0.750. The fourth-order valence-electron chi connectivity index (χ4n) is 1.10. The lowest BCUT2D eigenvalue weighted by Gasteiger charge is -2.24. The van der Waals surface area contributed by atoms with Gasteiger partial charge in [-0.2, -0.15) is 8.42 Å². The van der Waals surface area contributed by atoms with Crippen LogP contribution in [0.4, 0.5) is 0 Å². The second kappa shape index (κ2) is 5.94. The number of aliphatic carboxylic acids is 1. The SMILES string of the molecule is CCOC(=O)CC(OCC)(C(=O)O)S(=O)(=O)O. The molecule has 8 nitrogen and oxygen atoms in total. The van der Waals surface area contributed by atoms with Gasteiger partial charge in [0.2, 0.25) is 0 Å². The third-order valence-electron chi connectivity index (χ3n) is 1.80. The summed E-state index contributed by atoms with van der Waals surface area (Å²) < 4.78 is 40.0. The first-order valence-electron chi connectivity index (χ1n) is 4.71. The number of carboxylic acids is 1. The molecule has 0 aromatic heterocycles. The zero-order valence-corrected chi connectivity index (χ0v) is 10.2. The molecule has 1 unspecified atom stereocenters. The summed E-state index contributed by atoms with van der Waals surface area (Å²) in [5.41, 5.74) is 0. The summed E-state index contributed by atoms with van der Waals surface area (Å²) in [6, 6.07) is 0. The monoisotopic (exact) mass is 270 g/mol. The maximum Gasteiger partial charge on any atom is 0.355 e. The number of carbonyl (C=O) groups is 2. The van der Waals surface area contributed by atoms with E-state index in [2.05, 4.69) is 9.47 Å². The van der Waals surface area contributed by atoms with Crippen LogP contribution in [-0.2, 0) is 29.2 Å². The van der Waals surface area contributed by atoms with Gasteiger partial charge in [0, 0.05) is 6.61 Å². The van der Waals surface area contributed by atoms with Crippen molar-refractivity contribution in [1.29, 1.82) is 0 Å². The molecule has 2 N–H and O–H groups in total. The van der Waals surface area contributed by atoms with Crippen molar-refractivity contribution in [3.05, 3.63) is 0 Å². The average Bonchev–Trinajstić information content (AvgIpc) is 2.15. The van der Waals surface area contributed by atoms with Crippen LogP contribution in [0.1, 0.15) is 20.3 Å². The van der Waals surface area contributed by atoms with E-state index in [0.29, 0.717) is 0 Å². The quantitative estimate of drug-likeness (QED) is 0.474. The van der Waals surface area contributed by atoms with E-state index in [9.17, 15) is 18.0 Å². The Morgan fingerprint density at radius 3 is 2.06 bits per heavy atom. The highest BCUT2D eigenvalue weighted by Gasteiger charge is 2.54. The molecule has 0 heterocycles. The van der Waals surface area contributed by atoms with E-state index in [-0.39, 0.29) is 13.2 Å². The van der Waals surface area contributed by atoms with Crippen molar-refractivity contribution in [2.24, 2.45) is 0 Å². The van der Waals surface area contributed by atoms with Gasteiger partial charge in [0.15, 0.2) is 0 Å². The molecule has 0 saturated heterocycles. The van der Waals surface area contributed by atoms with E-state index in [1.807, 2.05) is 0 Å². The molecule has 0 amide bonds. The predicted octanol–water partition coefficient (Wildman–Crippen LogP) is -0.355. The van der Waals surface area contributed by atoms with E-state index >= 15 is 0 Å². The highest BCUT2D eigenvalue weighted by Crippen LogP contribution is 2.24. The minimum atomic E-state index is -5.12. The maximum absolute atomic E-state index is 11.1. The van der Waals surface area contributed by atoms with Gasteiger partial charge in [-0.3, -0.25) is 9.35 Å². The molecule has 17 heavy (non-hydrogen) atoms. The molecular formula is C8H14O8S. The molecule has 0 aliphatic heterocycles. The first-order valence-corrected chi connectivity index (χ1v) is 6.15. The van der Waals surface area contributed by atoms with Crippen molar-refractivity contribution in [3.63, 3.8) is 0 Å². The highest BCUT2D eigenvalue weighted by atomic mass is 32.2. The van der Waals surface area contributed by atoms with E-state index in [0.717, 1.165) is 0 Å². The standard InChI is InChI=1S/C8H14O8S/c1-3-15-6(9)5-8(7(10)11,16-4-2)17(12,13)14/h3-5H2,1-2H3,(H,10,11)(H,12,13,14). The predicted molar refractivity (Wildman–Crippen MR) is 54.8 cm³/mol. The number of rotatable bonds is 7. The number of hydrogen-bond donors (Lipinski definition) is 2. The summed E-state index contributed by atoms with van der Waals surface area (Å²) in [5.74, 6) is -3.07. The Hall–Kier alpha value is -1.19. The van der Waals surface area contributed by atoms with Crippen molar-refractivity contribution < 1.29 is 37.1 Å². The number of ether oxygens (including phenoxy) is 2. The normalized spacial score (nSPS) is 15.0. The molecule has 0 aromatic carbocycles. The summed E-state index contributed by atoms with van der Waals surface area (Å²) in [4.78, 5) is 19.0. The molecule has 9 heteroatoms. The summed E-state index contributed by atoms with van der Waals surface area (Å²) in [7, 11) is -5.12. The smallest absolute Gasteiger partial charge is 0.355 e. The minimum absolute atomic E-state index is 0.0495. The van der Waals surface area contributed by atoms with Crippen LogP contribution < -0.4 is 0 Å². The molecule has 0 spiro atoms. The topological polar surface area (TPSA) is 127 Å². The van der Waals surface area contributed by atoms with Crippen LogP contribution in [0.5, 0.6) is 0 Å². The van der Waals surface area contributed by atoms with Crippen molar-refractivity contribution in [3.8, 4) is 0 Å². The first-order chi connectivity index (χ1) is 7.71. The van der Waals surface area contributed by atoms with Gasteiger partial charge in [-0.25, -0.2) is 4.79 Å². The molecule has 0 bridgehead atoms. The summed E-state index contributed by atoms with van der Waals surface area (Å²) >= 11 is 0. The van der Waals surface area contributed by atoms with Gasteiger partial charge < -0.3 is 14.6 Å². The van der Waals surface area contributed by atoms with Gasteiger partial charge in [-0.1, -0.05) is 0 Å². The van der Waals surface area contributed by atoms with E-state index in [1.165, 1.54) is 13.8 Å². The molecule has 100 valence electrons. The zero-order valence-electron chi connectivity index (χ0n) is 9.37. The third-order valence-corrected chi connectivity index (χ3v) is 3.07. The van der Waals surface area contributed by atoms with Gasteiger partial charge in [0.1, 0.15) is 6.42 Å². The largest absolute Gasteiger partial charge is 0.478 e. The average molecular weight is 270 g/mol. The number of carbonyl (C=O) groups excluding carboxylic acids is 1. The molecule has 0 aliphatic rings. The lowest BCUT2D eigenvalue weighted by molar-refractivity contribution is -0.163. The van der Waals surface area contributed by atoms with Crippen molar-refractivity contribution in [1.82, 2.24) is 0 Å². The van der Waals surface area contributed by atoms with Gasteiger partial charge in [0.25, 0.3) is 0 Å². The third kappa shape index (κ3) is 3.65. The van der Waals surface area contributed by atoms with Crippen LogP contribution in [0.15, 0.2) is 0 Å². The van der Waals surface area contributed by atoms with Crippen LogP contribution in [-0.4, -0.2) is 48.2 Å². The van der Waals surface area contributed by atoms with Gasteiger partial charge in [0.05, 0.1) is 6.61 Å². The molecular weight excluding hydrogens is 256 g/mol. The Balaban J connectivity index is 5.35. The maximum atomic E-state index is 11.1. The highest BCUT2D eigenvalue weighted by molar-refractivity contribution is 7.88. The lowest BCUT2D eigenvalue weighted by Crippen LogP contribution is -2.50. The molecule has 1 atom stereocenters. The van der Waals surface area contributed by atoms with E-state index < -0.39 is 33.4 Å². The summed E-state index contributed by atoms with van der Waals surface area (Å²) in [6.45, 7) is 2.43.